The van der Waals surface area contributed by atoms with Crippen molar-refractivity contribution in [3.8, 4) is 0 Å². The average molecular weight is 290 g/mol. The van der Waals surface area contributed by atoms with E-state index in [9.17, 15) is 9.59 Å². The molecule has 3 N–H and O–H groups in total. The third kappa shape index (κ3) is 5.06. The van der Waals surface area contributed by atoms with E-state index in [1.807, 2.05) is 13.8 Å². The molecule has 114 valence electrons. The lowest BCUT2D eigenvalue weighted by atomic mass is 10.2. The maximum Gasteiger partial charge on any atom is 0.251 e. The summed E-state index contributed by atoms with van der Waals surface area (Å²) in [7, 11) is 0. The van der Waals surface area contributed by atoms with Crippen LogP contribution in [-0.2, 0) is 4.79 Å². The summed E-state index contributed by atoms with van der Waals surface area (Å²) in [6, 6.07) is 3.81. The predicted octanol–water partition coefficient (Wildman–Crippen LogP) is 1.22. The minimum Gasteiger partial charge on any atom is -0.370 e. The second-order valence-electron chi connectivity index (χ2n) is 5.26. The normalized spacial score (nSPS) is 13.6. The van der Waals surface area contributed by atoms with E-state index in [2.05, 4.69) is 20.9 Å². The van der Waals surface area contributed by atoms with Crippen LogP contribution in [0.15, 0.2) is 12.1 Å². The Kier molecular flexibility index (Phi) is 5.14. The van der Waals surface area contributed by atoms with Gasteiger partial charge in [-0.25, -0.2) is 4.98 Å². The van der Waals surface area contributed by atoms with Crippen molar-refractivity contribution >= 4 is 17.6 Å². The molecule has 1 aliphatic carbocycles. The van der Waals surface area contributed by atoms with E-state index in [-0.39, 0.29) is 11.8 Å². The van der Waals surface area contributed by atoms with E-state index >= 15 is 0 Å². The number of pyridine rings is 1. The molecular weight excluding hydrogens is 268 g/mol. The molecule has 0 saturated heterocycles. The summed E-state index contributed by atoms with van der Waals surface area (Å²) < 4.78 is 0. The average Bonchev–Trinajstić information content (AvgIpc) is 3.22. The molecule has 0 aromatic carbocycles. The van der Waals surface area contributed by atoms with Crippen LogP contribution in [0.1, 0.15) is 42.2 Å². The Hall–Kier alpha value is -2.11. The Labute approximate surface area is 124 Å². The fraction of sp³-hybridized carbons (Fsp3) is 0.533. The van der Waals surface area contributed by atoms with Crippen LogP contribution in [0.5, 0.6) is 0 Å². The number of nitrogens with one attached hydrogen (secondary N) is 3. The van der Waals surface area contributed by atoms with Gasteiger partial charge in [-0.2, -0.15) is 0 Å². The number of aromatic nitrogens is 1. The second kappa shape index (κ2) is 7.06. The molecule has 2 rings (SSSR count). The highest BCUT2D eigenvalue weighted by molar-refractivity contribution is 5.95. The number of amides is 2. The van der Waals surface area contributed by atoms with Crippen molar-refractivity contribution < 1.29 is 9.59 Å². The van der Waals surface area contributed by atoms with Gasteiger partial charge in [0.15, 0.2) is 0 Å². The van der Waals surface area contributed by atoms with Crippen molar-refractivity contribution in [1.82, 2.24) is 15.6 Å². The Morgan fingerprint density at radius 1 is 1.33 bits per heavy atom. The quantitative estimate of drug-likeness (QED) is 0.705. The van der Waals surface area contributed by atoms with E-state index < -0.39 is 0 Å². The van der Waals surface area contributed by atoms with Crippen molar-refractivity contribution in [2.45, 2.75) is 39.2 Å². The van der Waals surface area contributed by atoms with Crippen molar-refractivity contribution in [2.75, 3.05) is 18.4 Å². The molecular formula is C15H22N4O2. The number of carbonyl (C=O) groups is 2. The van der Waals surface area contributed by atoms with E-state index in [0.717, 1.165) is 25.1 Å². The van der Waals surface area contributed by atoms with Crippen LogP contribution in [0, 0.1) is 6.92 Å². The van der Waals surface area contributed by atoms with Crippen LogP contribution >= 0.6 is 0 Å². The number of hydrogen-bond acceptors (Lipinski definition) is 4. The lowest BCUT2D eigenvalue weighted by Gasteiger charge is -2.09. The predicted molar refractivity (Wildman–Crippen MR) is 81.3 cm³/mol. The van der Waals surface area contributed by atoms with Crippen molar-refractivity contribution in [1.29, 1.82) is 0 Å². The molecule has 1 aliphatic rings. The minimum absolute atomic E-state index is 0.00273. The Morgan fingerprint density at radius 2 is 2.10 bits per heavy atom. The highest BCUT2D eigenvalue weighted by atomic mass is 16.2. The molecule has 0 spiro atoms. The van der Waals surface area contributed by atoms with E-state index in [1.54, 1.807) is 12.1 Å². The number of aryl methyl sites for hydroxylation is 1. The fourth-order valence-corrected chi connectivity index (χ4v) is 1.99. The standard InChI is InChI=1S/C15H22N4O2/c1-3-16-13-9-11(8-10(2)18-13)15(21)17-7-6-14(20)19-12-4-5-12/h8-9,12H,3-7H2,1-2H3,(H,16,18)(H,17,21)(H,19,20). The Bertz CT molecular complexity index is 526. The monoisotopic (exact) mass is 290 g/mol. The van der Waals surface area contributed by atoms with Crippen LogP contribution < -0.4 is 16.0 Å². The van der Waals surface area contributed by atoms with Crippen LogP contribution in [0.2, 0.25) is 0 Å². The molecule has 21 heavy (non-hydrogen) atoms. The third-order valence-electron chi connectivity index (χ3n) is 3.15. The van der Waals surface area contributed by atoms with Gasteiger partial charge in [0.2, 0.25) is 5.91 Å². The molecule has 0 aliphatic heterocycles. The zero-order chi connectivity index (χ0) is 15.2. The smallest absolute Gasteiger partial charge is 0.251 e. The summed E-state index contributed by atoms with van der Waals surface area (Å²) in [5.74, 6) is 0.505. The molecule has 0 atom stereocenters. The maximum absolute atomic E-state index is 12.1. The topological polar surface area (TPSA) is 83.1 Å². The van der Waals surface area contributed by atoms with Gasteiger partial charge in [0.1, 0.15) is 5.82 Å². The van der Waals surface area contributed by atoms with Gasteiger partial charge in [-0.05, 0) is 38.8 Å². The molecule has 2 amide bonds. The molecule has 1 heterocycles. The number of hydrogen-bond donors (Lipinski definition) is 3. The second-order valence-corrected chi connectivity index (χ2v) is 5.26. The van der Waals surface area contributed by atoms with Crippen LogP contribution in [0.3, 0.4) is 0 Å². The van der Waals surface area contributed by atoms with Crippen molar-refractivity contribution in [3.63, 3.8) is 0 Å². The van der Waals surface area contributed by atoms with Crippen LogP contribution in [0.25, 0.3) is 0 Å². The largest absolute Gasteiger partial charge is 0.370 e. The van der Waals surface area contributed by atoms with Crippen LogP contribution in [-0.4, -0.2) is 35.9 Å². The van der Waals surface area contributed by atoms with E-state index in [0.29, 0.717) is 30.4 Å². The van der Waals surface area contributed by atoms with E-state index in [1.165, 1.54) is 0 Å². The molecule has 0 radical (unpaired) electrons. The zero-order valence-corrected chi connectivity index (χ0v) is 12.5. The molecule has 0 unspecified atom stereocenters. The third-order valence-corrected chi connectivity index (χ3v) is 3.15. The molecule has 6 nitrogen and oxygen atoms in total. The number of rotatable bonds is 7. The minimum atomic E-state index is -0.182. The summed E-state index contributed by atoms with van der Waals surface area (Å²) in [5, 5.41) is 8.75. The van der Waals surface area contributed by atoms with Gasteiger partial charge in [-0.3, -0.25) is 9.59 Å². The fourth-order valence-electron chi connectivity index (χ4n) is 1.99. The van der Waals surface area contributed by atoms with Crippen molar-refractivity contribution in [2.24, 2.45) is 0 Å². The first-order valence-electron chi connectivity index (χ1n) is 7.38. The molecule has 1 aromatic heterocycles. The number of nitrogens with zero attached hydrogens (tertiary/aromatic N) is 1. The maximum atomic E-state index is 12.1. The zero-order valence-electron chi connectivity index (χ0n) is 12.5. The molecule has 6 heteroatoms. The first-order valence-corrected chi connectivity index (χ1v) is 7.38. The van der Waals surface area contributed by atoms with Gasteiger partial charge in [0.05, 0.1) is 0 Å². The van der Waals surface area contributed by atoms with Gasteiger partial charge in [-0.1, -0.05) is 0 Å². The summed E-state index contributed by atoms with van der Waals surface area (Å²) >= 11 is 0. The van der Waals surface area contributed by atoms with Gasteiger partial charge < -0.3 is 16.0 Å². The first-order chi connectivity index (χ1) is 10.1. The SMILES string of the molecule is CCNc1cc(C(=O)NCCC(=O)NC2CC2)cc(C)n1. The first kappa shape index (κ1) is 15.3. The summed E-state index contributed by atoms with van der Waals surface area (Å²) in [4.78, 5) is 27.9. The lowest BCUT2D eigenvalue weighted by molar-refractivity contribution is -0.121. The van der Waals surface area contributed by atoms with Gasteiger partial charge >= 0.3 is 0 Å². The highest BCUT2D eigenvalue weighted by Crippen LogP contribution is 2.18. The van der Waals surface area contributed by atoms with E-state index in [4.69, 9.17) is 0 Å². The highest BCUT2D eigenvalue weighted by Gasteiger charge is 2.22. The summed E-state index contributed by atoms with van der Waals surface area (Å²) in [6.07, 6.45) is 2.45. The molecule has 0 bridgehead atoms. The molecule has 1 saturated carbocycles. The Morgan fingerprint density at radius 3 is 2.76 bits per heavy atom. The van der Waals surface area contributed by atoms with Gasteiger partial charge in [-0.15, -0.1) is 0 Å². The summed E-state index contributed by atoms with van der Waals surface area (Å²) in [6.45, 7) is 4.91. The summed E-state index contributed by atoms with van der Waals surface area (Å²) in [5.41, 5.74) is 1.34. The van der Waals surface area contributed by atoms with Crippen molar-refractivity contribution in [3.05, 3.63) is 23.4 Å². The number of carbonyl (C=O) groups excluding carboxylic acids is 2. The Balaban J connectivity index is 1.82. The molecule has 1 fully saturated rings. The van der Waals surface area contributed by atoms with Gasteiger partial charge in [0, 0.05) is 36.8 Å². The van der Waals surface area contributed by atoms with Crippen LogP contribution in [0.4, 0.5) is 5.82 Å². The number of anilines is 1. The van der Waals surface area contributed by atoms with Gasteiger partial charge in [0.25, 0.3) is 5.91 Å². The molecule has 1 aromatic rings. The lowest BCUT2D eigenvalue weighted by Crippen LogP contribution is -2.31.